The van der Waals surface area contributed by atoms with Crippen LogP contribution in [0.5, 0.6) is 0 Å². The molecule has 0 spiro atoms. The number of para-hydroxylation sites is 1. The Morgan fingerprint density at radius 3 is 2.61 bits per heavy atom. The molecule has 2 aromatic heterocycles. The van der Waals surface area contributed by atoms with Crippen molar-refractivity contribution in [3.05, 3.63) is 77.0 Å². The summed E-state index contributed by atoms with van der Waals surface area (Å²) in [6.07, 6.45) is 0.854. The lowest BCUT2D eigenvalue weighted by Crippen LogP contribution is -2.27. The van der Waals surface area contributed by atoms with E-state index in [1.807, 2.05) is 36.4 Å². The monoisotopic (exact) mass is 453 g/mol. The molecule has 2 amide bonds. The van der Waals surface area contributed by atoms with Crippen molar-refractivity contribution in [1.82, 2.24) is 15.6 Å². The summed E-state index contributed by atoms with van der Waals surface area (Å²) in [5, 5.41) is 7.03. The Morgan fingerprint density at radius 2 is 1.81 bits per heavy atom. The molecule has 8 heteroatoms. The number of hydrogen-bond donors (Lipinski definition) is 2. The van der Waals surface area contributed by atoms with Gasteiger partial charge in [0.1, 0.15) is 5.76 Å². The number of hydrogen-bond acceptors (Lipinski definition) is 5. The van der Waals surface area contributed by atoms with Gasteiger partial charge in [0.15, 0.2) is 10.8 Å². The molecule has 158 valence electrons. The first-order valence-electron chi connectivity index (χ1n) is 9.83. The topological polar surface area (TPSA) is 84.2 Å². The van der Waals surface area contributed by atoms with Gasteiger partial charge in [-0.15, -0.1) is 11.3 Å². The largest absolute Gasteiger partial charge is 0.457 e. The van der Waals surface area contributed by atoms with E-state index in [0.29, 0.717) is 48.0 Å². The Balaban J connectivity index is 1.19. The van der Waals surface area contributed by atoms with E-state index in [0.717, 1.165) is 15.2 Å². The normalized spacial score (nSPS) is 10.9. The third-order valence-corrected chi connectivity index (χ3v) is 5.90. The van der Waals surface area contributed by atoms with Gasteiger partial charge in [0.25, 0.3) is 5.91 Å². The van der Waals surface area contributed by atoms with Gasteiger partial charge in [-0.3, -0.25) is 9.59 Å². The molecule has 4 rings (SSSR count). The average Bonchev–Trinajstić information content (AvgIpc) is 3.42. The molecule has 2 heterocycles. The highest BCUT2D eigenvalue weighted by molar-refractivity contribution is 7.21. The van der Waals surface area contributed by atoms with Crippen LogP contribution in [0.1, 0.15) is 29.0 Å². The lowest BCUT2D eigenvalue weighted by molar-refractivity contribution is -0.121. The Hall–Kier alpha value is -3.16. The molecule has 0 unspecified atom stereocenters. The molecule has 2 aromatic carbocycles. The van der Waals surface area contributed by atoms with Crippen LogP contribution >= 0.6 is 22.9 Å². The quantitative estimate of drug-likeness (QED) is 0.366. The summed E-state index contributed by atoms with van der Waals surface area (Å²) in [6.45, 7) is 0.720. The molecular formula is C23H20ClN3O3S. The van der Waals surface area contributed by atoms with Crippen molar-refractivity contribution >= 4 is 45.0 Å². The summed E-state index contributed by atoms with van der Waals surface area (Å²) in [5.41, 5.74) is 1.48. The number of carbonyl (C=O) groups excluding carboxylic acids is 2. The Bertz CT molecular complexity index is 1170. The predicted octanol–water partition coefficient (Wildman–Crippen LogP) is 5.04. The molecule has 0 saturated carbocycles. The Morgan fingerprint density at radius 1 is 1.00 bits per heavy atom. The van der Waals surface area contributed by atoms with Crippen LogP contribution in [0, 0.1) is 0 Å². The van der Waals surface area contributed by atoms with E-state index in [1.54, 1.807) is 35.6 Å². The highest BCUT2D eigenvalue weighted by atomic mass is 35.5. The number of nitrogens with one attached hydrogen (secondary N) is 2. The molecule has 0 atom stereocenters. The molecule has 0 aliphatic rings. The maximum Gasteiger partial charge on any atom is 0.251 e. The first-order valence-corrected chi connectivity index (χ1v) is 11.0. The number of aromatic nitrogens is 1. The number of furan rings is 1. The van der Waals surface area contributed by atoms with Gasteiger partial charge < -0.3 is 15.1 Å². The van der Waals surface area contributed by atoms with E-state index in [-0.39, 0.29) is 11.8 Å². The zero-order valence-corrected chi connectivity index (χ0v) is 18.1. The minimum atomic E-state index is -0.185. The van der Waals surface area contributed by atoms with Crippen molar-refractivity contribution in [2.75, 3.05) is 6.54 Å². The van der Waals surface area contributed by atoms with Crippen molar-refractivity contribution in [2.45, 2.75) is 19.4 Å². The average molecular weight is 454 g/mol. The van der Waals surface area contributed by atoms with Crippen LogP contribution in [0.4, 0.5) is 0 Å². The van der Waals surface area contributed by atoms with Gasteiger partial charge in [-0.2, -0.15) is 0 Å². The molecule has 0 aliphatic carbocycles. The maximum atomic E-state index is 12.1. The number of rotatable bonds is 8. The lowest BCUT2D eigenvalue weighted by Gasteiger charge is -2.06. The molecule has 0 aliphatic heterocycles. The van der Waals surface area contributed by atoms with Crippen molar-refractivity contribution in [3.8, 4) is 10.8 Å². The summed E-state index contributed by atoms with van der Waals surface area (Å²) < 4.78 is 6.93. The van der Waals surface area contributed by atoms with E-state index in [9.17, 15) is 9.59 Å². The van der Waals surface area contributed by atoms with E-state index in [2.05, 4.69) is 15.6 Å². The SMILES string of the molecule is O=C(CCCNC(=O)c1ccc(Cl)cc1)NCc1ccc(-c2nc3ccccc3s2)o1. The lowest BCUT2D eigenvalue weighted by atomic mass is 10.2. The third-order valence-electron chi connectivity index (χ3n) is 4.60. The molecule has 0 bridgehead atoms. The van der Waals surface area contributed by atoms with Crippen LogP contribution in [0.15, 0.2) is 65.1 Å². The standard InChI is InChI=1S/C23H20ClN3O3S/c24-16-9-7-15(8-10-16)22(29)25-13-3-6-21(28)26-14-17-11-12-19(30-17)23-27-18-4-1-2-5-20(18)31-23/h1-2,4-5,7-12H,3,6,13-14H2,(H,25,29)(H,26,28). The van der Waals surface area contributed by atoms with Gasteiger partial charge in [-0.25, -0.2) is 4.98 Å². The maximum absolute atomic E-state index is 12.1. The van der Waals surface area contributed by atoms with E-state index < -0.39 is 0 Å². The summed E-state index contributed by atoms with van der Waals surface area (Å²) in [4.78, 5) is 28.7. The Labute approximate surface area is 188 Å². The number of halogens is 1. The molecular weight excluding hydrogens is 434 g/mol. The van der Waals surface area contributed by atoms with Gasteiger partial charge >= 0.3 is 0 Å². The molecule has 2 N–H and O–H groups in total. The molecule has 6 nitrogen and oxygen atoms in total. The summed E-state index contributed by atoms with van der Waals surface area (Å²) in [5.74, 6) is 1.07. The third kappa shape index (κ3) is 5.51. The van der Waals surface area contributed by atoms with Crippen LogP contribution in [0.25, 0.3) is 21.0 Å². The summed E-state index contributed by atoms with van der Waals surface area (Å²) in [6, 6.07) is 18.3. The Kier molecular flexibility index (Phi) is 6.64. The first-order chi connectivity index (χ1) is 15.1. The highest BCUT2D eigenvalue weighted by Crippen LogP contribution is 2.31. The number of carbonyl (C=O) groups is 2. The van der Waals surface area contributed by atoms with Gasteiger partial charge in [-0.05, 0) is 55.0 Å². The van der Waals surface area contributed by atoms with Crippen LogP contribution < -0.4 is 10.6 Å². The predicted molar refractivity (Wildman–Crippen MR) is 122 cm³/mol. The number of nitrogens with zero attached hydrogens (tertiary/aromatic N) is 1. The van der Waals surface area contributed by atoms with Gasteiger partial charge in [0, 0.05) is 23.6 Å². The van der Waals surface area contributed by atoms with Crippen LogP contribution in [-0.4, -0.2) is 23.3 Å². The fourth-order valence-corrected chi connectivity index (χ4v) is 4.05. The fraction of sp³-hybridized carbons (Fsp3) is 0.174. The van der Waals surface area contributed by atoms with Crippen molar-refractivity contribution in [3.63, 3.8) is 0 Å². The minimum Gasteiger partial charge on any atom is -0.457 e. The number of benzene rings is 2. The van der Waals surface area contributed by atoms with E-state index in [1.165, 1.54) is 0 Å². The van der Waals surface area contributed by atoms with E-state index in [4.69, 9.17) is 16.0 Å². The fourth-order valence-electron chi connectivity index (χ4n) is 2.99. The molecule has 0 saturated heterocycles. The zero-order valence-electron chi connectivity index (χ0n) is 16.6. The summed E-state index contributed by atoms with van der Waals surface area (Å²) in [7, 11) is 0. The second-order valence-electron chi connectivity index (χ2n) is 6.90. The van der Waals surface area contributed by atoms with Gasteiger partial charge in [-0.1, -0.05) is 23.7 Å². The van der Waals surface area contributed by atoms with Crippen LogP contribution in [-0.2, 0) is 11.3 Å². The van der Waals surface area contributed by atoms with Crippen molar-refractivity contribution in [1.29, 1.82) is 0 Å². The van der Waals surface area contributed by atoms with Crippen molar-refractivity contribution in [2.24, 2.45) is 0 Å². The molecule has 31 heavy (non-hydrogen) atoms. The summed E-state index contributed by atoms with van der Waals surface area (Å²) >= 11 is 7.39. The van der Waals surface area contributed by atoms with Crippen molar-refractivity contribution < 1.29 is 14.0 Å². The van der Waals surface area contributed by atoms with Gasteiger partial charge in [0.05, 0.1) is 16.8 Å². The van der Waals surface area contributed by atoms with Crippen LogP contribution in [0.3, 0.4) is 0 Å². The second-order valence-corrected chi connectivity index (χ2v) is 8.36. The molecule has 0 radical (unpaired) electrons. The first kappa shape index (κ1) is 21.1. The van der Waals surface area contributed by atoms with E-state index >= 15 is 0 Å². The molecule has 4 aromatic rings. The number of fused-ring (bicyclic) bond motifs is 1. The van der Waals surface area contributed by atoms with Gasteiger partial charge in [0.2, 0.25) is 5.91 Å². The second kappa shape index (κ2) is 9.76. The number of thiazole rings is 1. The zero-order chi connectivity index (χ0) is 21.6. The smallest absolute Gasteiger partial charge is 0.251 e. The highest BCUT2D eigenvalue weighted by Gasteiger charge is 2.11. The minimum absolute atomic E-state index is 0.0984. The molecule has 0 fully saturated rings. The van der Waals surface area contributed by atoms with Crippen LogP contribution in [0.2, 0.25) is 5.02 Å². The number of amides is 2.